The topological polar surface area (TPSA) is 119 Å². The van der Waals surface area contributed by atoms with Crippen molar-refractivity contribution >= 4 is 32.2 Å². The van der Waals surface area contributed by atoms with Crippen molar-refractivity contribution in [3.63, 3.8) is 0 Å². The van der Waals surface area contributed by atoms with E-state index in [1.54, 1.807) is 4.72 Å². The molecule has 1 aromatic carbocycles. The molecule has 11 heteroatoms. The van der Waals surface area contributed by atoms with Gasteiger partial charge in [0.1, 0.15) is 4.90 Å². The molecule has 0 aromatic heterocycles. The smallest absolute Gasteiger partial charge is 0.422 e. The second kappa shape index (κ2) is 5.40. The Morgan fingerprint density at radius 3 is 2.32 bits per heavy atom. The molecule has 1 rings (SSSR count). The number of halogens is 1. The van der Waals surface area contributed by atoms with Crippen LogP contribution in [0.3, 0.4) is 0 Å². The molecule has 0 aliphatic heterocycles. The van der Waals surface area contributed by atoms with Gasteiger partial charge in [0.15, 0.2) is 0 Å². The standard InChI is InChI=1S/C8H9FN2O6S2/c1-17-8(12)11-19(15,16)10-6-4-2-3-5-7(6)18(9,13)14/h2-5,10H,1H3,(H,11,12). The van der Waals surface area contributed by atoms with Gasteiger partial charge >= 0.3 is 26.5 Å². The van der Waals surface area contributed by atoms with Gasteiger partial charge in [0.05, 0.1) is 12.8 Å². The van der Waals surface area contributed by atoms with Crippen molar-refractivity contribution in [1.29, 1.82) is 0 Å². The zero-order valence-corrected chi connectivity index (χ0v) is 11.1. The predicted molar refractivity (Wildman–Crippen MR) is 62.8 cm³/mol. The summed E-state index contributed by atoms with van der Waals surface area (Å²) < 4.78 is 64.5. The molecule has 0 radical (unpaired) electrons. The van der Waals surface area contributed by atoms with Crippen molar-refractivity contribution in [2.24, 2.45) is 0 Å². The molecule has 0 atom stereocenters. The van der Waals surface area contributed by atoms with Crippen LogP contribution in [0, 0.1) is 0 Å². The molecule has 0 aliphatic rings. The molecule has 0 saturated carbocycles. The van der Waals surface area contributed by atoms with E-state index in [2.05, 4.69) is 4.74 Å². The quantitative estimate of drug-likeness (QED) is 0.775. The van der Waals surface area contributed by atoms with Crippen LogP contribution in [0.2, 0.25) is 0 Å². The largest absolute Gasteiger partial charge is 0.452 e. The fraction of sp³-hybridized carbons (Fsp3) is 0.125. The number of hydrogen-bond acceptors (Lipinski definition) is 6. The molecule has 8 nitrogen and oxygen atoms in total. The number of para-hydroxylation sites is 1. The Morgan fingerprint density at radius 1 is 1.21 bits per heavy atom. The first-order valence-electron chi connectivity index (χ1n) is 4.58. The molecule has 0 unspecified atom stereocenters. The van der Waals surface area contributed by atoms with Gasteiger partial charge in [-0.2, -0.15) is 16.8 Å². The van der Waals surface area contributed by atoms with E-state index in [9.17, 15) is 25.5 Å². The molecular formula is C8H9FN2O6S2. The first-order valence-corrected chi connectivity index (χ1v) is 7.44. The maximum absolute atomic E-state index is 12.9. The van der Waals surface area contributed by atoms with Crippen LogP contribution in [0.1, 0.15) is 0 Å². The number of anilines is 1. The lowest BCUT2D eigenvalue weighted by molar-refractivity contribution is 0.177. The highest BCUT2D eigenvalue weighted by molar-refractivity contribution is 7.91. The first kappa shape index (κ1) is 15.2. The molecule has 0 fully saturated rings. The average molecular weight is 312 g/mol. The minimum atomic E-state index is -5.11. The van der Waals surface area contributed by atoms with Gasteiger partial charge in [0.2, 0.25) is 0 Å². The Labute approximate surface area is 109 Å². The first-order chi connectivity index (χ1) is 8.65. The number of carbonyl (C=O) groups is 1. The van der Waals surface area contributed by atoms with Crippen LogP contribution in [-0.4, -0.2) is 30.0 Å². The SMILES string of the molecule is COC(=O)NS(=O)(=O)Nc1ccccc1S(=O)(=O)F. The van der Waals surface area contributed by atoms with Gasteiger partial charge < -0.3 is 4.74 Å². The number of hydrogen-bond donors (Lipinski definition) is 2. The van der Waals surface area contributed by atoms with Crippen molar-refractivity contribution in [2.75, 3.05) is 11.8 Å². The zero-order chi connectivity index (χ0) is 14.7. The number of methoxy groups -OCH3 is 1. The number of carbonyl (C=O) groups excluding carboxylic acids is 1. The van der Waals surface area contributed by atoms with Crippen LogP contribution in [0.25, 0.3) is 0 Å². The van der Waals surface area contributed by atoms with Crippen LogP contribution in [0.5, 0.6) is 0 Å². The van der Waals surface area contributed by atoms with Crippen LogP contribution in [0.4, 0.5) is 14.4 Å². The third-order valence-corrected chi connectivity index (χ3v) is 3.60. The molecule has 0 heterocycles. The fourth-order valence-electron chi connectivity index (χ4n) is 1.09. The van der Waals surface area contributed by atoms with Crippen molar-refractivity contribution in [3.05, 3.63) is 24.3 Å². The maximum Gasteiger partial charge on any atom is 0.422 e. The summed E-state index contributed by atoms with van der Waals surface area (Å²) in [6, 6.07) is 4.37. The minimum absolute atomic E-state index is 0.540. The molecule has 0 bridgehead atoms. The van der Waals surface area contributed by atoms with Gasteiger partial charge in [-0.1, -0.05) is 12.1 Å². The van der Waals surface area contributed by atoms with E-state index in [-0.39, 0.29) is 0 Å². The lowest BCUT2D eigenvalue weighted by atomic mass is 10.3. The molecule has 1 amide bonds. The maximum atomic E-state index is 12.9. The lowest BCUT2D eigenvalue weighted by Crippen LogP contribution is -2.35. The monoisotopic (exact) mass is 312 g/mol. The van der Waals surface area contributed by atoms with Crippen molar-refractivity contribution in [1.82, 2.24) is 4.72 Å². The number of ether oxygens (including phenoxy) is 1. The Hall–Kier alpha value is -1.88. The van der Waals surface area contributed by atoms with E-state index in [4.69, 9.17) is 0 Å². The molecule has 0 saturated heterocycles. The normalized spacial score (nSPS) is 11.7. The molecular weight excluding hydrogens is 303 g/mol. The Balaban J connectivity index is 3.11. The minimum Gasteiger partial charge on any atom is -0.452 e. The van der Waals surface area contributed by atoms with E-state index in [1.807, 2.05) is 0 Å². The van der Waals surface area contributed by atoms with Crippen molar-refractivity contribution in [3.8, 4) is 0 Å². The zero-order valence-electron chi connectivity index (χ0n) is 9.45. The fourth-order valence-corrected chi connectivity index (χ4v) is 2.59. The number of nitrogens with one attached hydrogen (secondary N) is 2. The van der Waals surface area contributed by atoms with E-state index in [1.165, 1.54) is 16.9 Å². The molecule has 0 aliphatic carbocycles. The number of amides is 1. The molecule has 2 N–H and O–H groups in total. The van der Waals surface area contributed by atoms with Crippen molar-refractivity contribution in [2.45, 2.75) is 4.90 Å². The van der Waals surface area contributed by atoms with Crippen LogP contribution < -0.4 is 9.44 Å². The molecule has 0 spiro atoms. The summed E-state index contributed by atoms with van der Waals surface area (Å²) >= 11 is 0. The summed E-state index contributed by atoms with van der Waals surface area (Å²) in [7, 11) is -8.61. The van der Waals surface area contributed by atoms with Crippen LogP contribution in [0.15, 0.2) is 29.2 Å². The van der Waals surface area contributed by atoms with Gasteiger partial charge in [0, 0.05) is 0 Å². The number of rotatable bonds is 4. The highest BCUT2D eigenvalue weighted by atomic mass is 32.3. The Bertz CT molecular complexity index is 685. The van der Waals surface area contributed by atoms with Crippen molar-refractivity contribution < 1.29 is 30.3 Å². The van der Waals surface area contributed by atoms with Gasteiger partial charge in [-0.05, 0) is 12.1 Å². The average Bonchev–Trinajstić information content (AvgIpc) is 2.26. The van der Waals surface area contributed by atoms with Gasteiger partial charge in [0.25, 0.3) is 0 Å². The predicted octanol–water partition coefficient (Wildman–Crippen LogP) is 0.357. The third-order valence-electron chi connectivity index (χ3n) is 1.80. The Morgan fingerprint density at radius 2 is 1.79 bits per heavy atom. The second-order valence-electron chi connectivity index (χ2n) is 3.13. The van der Waals surface area contributed by atoms with Gasteiger partial charge in [-0.25, -0.2) is 9.52 Å². The van der Waals surface area contributed by atoms with E-state index < -0.39 is 37.1 Å². The number of benzene rings is 1. The summed E-state index contributed by atoms with van der Waals surface area (Å²) in [5.74, 6) is 0. The van der Waals surface area contributed by atoms with Gasteiger partial charge in [-0.3, -0.25) is 4.72 Å². The van der Waals surface area contributed by atoms with E-state index >= 15 is 0 Å². The molecule has 19 heavy (non-hydrogen) atoms. The molecule has 1 aromatic rings. The summed E-state index contributed by atoms with van der Waals surface area (Å²) in [6.07, 6.45) is -1.28. The summed E-state index contributed by atoms with van der Waals surface area (Å²) in [6.45, 7) is 0. The van der Waals surface area contributed by atoms with E-state index in [0.29, 0.717) is 0 Å². The van der Waals surface area contributed by atoms with Crippen LogP contribution >= 0.6 is 0 Å². The van der Waals surface area contributed by atoms with Gasteiger partial charge in [-0.15, -0.1) is 3.89 Å². The van der Waals surface area contributed by atoms with E-state index in [0.717, 1.165) is 19.2 Å². The Kier molecular flexibility index (Phi) is 4.32. The molecule has 106 valence electrons. The highest BCUT2D eigenvalue weighted by Gasteiger charge is 2.21. The lowest BCUT2D eigenvalue weighted by Gasteiger charge is -2.10. The van der Waals surface area contributed by atoms with Crippen LogP contribution in [-0.2, 0) is 25.2 Å². The summed E-state index contributed by atoms with van der Waals surface area (Å²) in [5.41, 5.74) is -0.540. The second-order valence-corrected chi connectivity index (χ2v) is 5.86. The summed E-state index contributed by atoms with van der Waals surface area (Å²) in [5, 5.41) is 0. The summed E-state index contributed by atoms with van der Waals surface area (Å²) in [4.78, 5) is 9.88. The third kappa shape index (κ3) is 4.37. The highest BCUT2D eigenvalue weighted by Crippen LogP contribution is 2.23.